The van der Waals surface area contributed by atoms with E-state index >= 15 is 8.78 Å². The largest absolute Gasteiger partial charge is 0.494 e. The van der Waals surface area contributed by atoms with Gasteiger partial charge in [-0.1, -0.05) is 54.9 Å². The smallest absolute Gasteiger partial charge is 0.416 e. The Labute approximate surface area is 260 Å². The van der Waals surface area contributed by atoms with Gasteiger partial charge >= 0.3 is 17.8 Å². The fourth-order valence-corrected chi connectivity index (χ4v) is 5.08. The third-order valence-corrected chi connectivity index (χ3v) is 7.31. The second-order valence-electron chi connectivity index (χ2n) is 10.1. The molecular formula is C33H31F5N2O5. The second kappa shape index (κ2) is 13.9. The molecule has 3 aromatic carbocycles. The number of halogens is 5. The van der Waals surface area contributed by atoms with E-state index in [1.807, 2.05) is 0 Å². The summed E-state index contributed by atoms with van der Waals surface area (Å²) < 4.78 is 111. The molecule has 0 aliphatic rings. The minimum Gasteiger partial charge on any atom is -0.494 e. The minimum atomic E-state index is -5.03. The average molecular weight is 635 g/mol. The fourth-order valence-electron chi connectivity index (χ4n) is 5.08. The lowest BCUT2D eigenvalue weighted by molar-refractivity contribution is -0.139. The Morgan fingerprint density at radius 2 is 1.69 bits per heavy atom. The Hall–Kier alpha value is -4.74. The summed E-state index contributed by atoms with van der Waals surface area (Å²) >= 11 is 0. The summed E-state index contributed by atoms with van der Waals surface area (Å²) in [7, 11) is 1.16. The molecular weight excluding hydrogens is 599 g/mol. The van der Waals surface area contributed by atoms with Crippen molar-refractivity contribution in [2.75, 3.05) is 7.11 Å². The van der Waals surface area contributed by atoms with Crippen LogP contribution in [0.3, 0.4) is 0 Å². The highest BCUT2D eigenvalue weighted by Crippen LogP contribution is 2.34. The van der Waals surface area contributed by atoms with Crippen molar-refractivity contribution in [3.05, 3.63) is 122 Å². The number of ether oxygens (including phenoxy) is 1. The van der Waals surface area contributed by atoms with Crippen LogP contribution in [0.5, 0.6) is 5.75 Å². The van der Waals surface area contributed by atoms with Gasteiger partial charge < -0.3 is 9.84 Å². The van der Waals surface area contributed by atoms with Crippen LogP contribution in [0.2, 0.25) is 0 Å². The van der Waals surface area contributed by atoms with Gasteiger partial charge in [0.25, 0.3) is 5.56 Å². The standard InChI is InChI=1S/C33H31F5N2O5/c1-20-29(23-13-8-16-27(45-2)30(23)35)31(43)40(18-22(12-6-7-17-28(41)42)21-10-4-3-5-11-21)32(44)39(20)19-24-25(33(36,37)38)14-9-15-26(24)34/h3-5,8-11,13-16,22H,6-7,12,17-19H2,1-2H3,(H,41,42)/t22-/m0/s1/i6D2,17D2. The van der Waals surface area contributed by atoms with Crippen molar-refractivity contribution < 1.29 is 42.1 Å². The van der Waals surface area contributed by atoms with Crippen molar-refractivity contribution in [3.8, 4) is 16.9 Å². The lowest BCUT2D eigenvalue weighted by Gasteiger charge is -2.23. The zero-order valence-electron chi connectivity index (χ0n) is 28.1. The quantitative estimate of drug-likeness (QED) is 0.174. The number of carbonyl (C=O) groups is 1. The first-order valence-electron chi connectivity index (χ1n) is 15.6. The maximum absolute atomic E-state index is 15.7. The van der Waals surface area contributed by atoms with Gasteiger partial charge in [0.1, 0.15) is 5.82 Å². The van der Waals surface area contributed by atoms with Crippen molar-refractivity contribution in [2.24, 2.45) is 0 Å². The Morgan fingerprint density at radius 1 is 1.00 bits per heavy atom. The molecule has 7 nitrogen and oxygen atoms in total. The second-order valence-corrected chi connectivity index (χ2v) is 10.1. The van der Waals surface area contributed by atoms with Gasteiger partial charge in [0.2, 0.25) is 0 Å². The third kappa shape index (κ3) is 7.33. The molecule has 0 spiro atoms. The Morgan fingerprint density at radius 3 is 2.33 bits per heavy atom. The lowest BCUT2D eigenvalue weighted by atomic mass is 9.92. The molecule has 0 unspecified atom stereocenters. The van der Waals surface area contributed by atoms with Crippen LogP contribution in [-0.2, 0) is 24.1 Å². The van der Waals surface area contributed by atoms with E-state index in [9.17, 15) is 32.7 Å². The number of aliphatic carboxylic acids is 1. The number of alkyl halides is 3. The zero-order chi connectivity index (χ0) is 36.5. The molecule has 4 rings (SSSR count). The normalized spacial score (nSPS) is 14.2. The molecule has 0 saturated carbocycles. The van der Waals surface area contributed by atoms with Crippen molar-refractivity contribution in [3.63, 3.8) is 0 Å². The van der Waals surface area contributed by atoms with Gasteiger partial charge in [-0.15, -0.1) is 0 Å². The molecule has 0 bridgehead atoms. The monoisotopic (exact) mass is 634 g/mol. The summed E-state index contributed by atoms with van der Waals surface area (Å²) in [6.45, 7) is -0.489. The maximum atomic E-state index is 15.7. The fraction of sp³-hybridized carbons (Fsp3) is 0.303. The molecule has 0 radical (unpaired) electrons. The predicted octanol–water partition coefficient (Wildman–Crippen LogP) is 6.77. The van der Waals surface area contributed by atoms with Crippen LogP contribution in [0.4, 0.5) is 22.0 Å². The van der Waals surface area contributed by atoms with E-state index in [4.69, 9.17) is 10.2 Å². The van der Waals surface area contributed by atoms with Crippen molar-refractivity contribution in [1.82, 2.24) is 9.13 Å². The van der Waals surface area contributed by atoms with Crippen LogP contribution < -0.4 is 16.0 Å². The van der Waals surface area contributed by atoms with Gasteiger partial charge in [0.15, 0.2) is 11.6 Å². The van der Waals surface area contributed by atoms with E-state index in [1.54, 1.807) is 18.2 Å². The topological polar surface area (TPSA) is 90.5 Å². The van der Waals surface area contributed by atoms with Crippen molar-refractivity contribution >= 4 is 5.97 Å². The molecule has 1 N–H and O–H groups in total. The Kier molecular flexibility index (Phi) is 8.59. The molecule has 45 heavy (non-hydrogen) atoms. The number of methoxy groups -OCH3 is 1. The first kappa shape index (κ1) is 27.8. The first-order valence-corrected chi connectivity index (χ1v) is 13.6. The van der Waals surface area contributed by atoms with Gasteiger partial charge in [-0.3, -0.25) is 18.7 Å². The summed E-state index contributed by atoms with van der Waals surface area (Å²) in [5.74, 6) is -5.64. The molecule has 0 saturated heterocycles. The summed E-state index contributed by atoms with van der Waals surface area (Å²) in [5.41, 5.74) is -5.40. The van der Waals surface area contributed by atoms with Crippen LogP contribution in [0.25, 0.3) is 11.1 Å². The van der Waals surface area contributed by atoms with E-state index in [0.717, 1.165) is 19.2 Å². The predicted molar refractivity (Wildman–Crippen MR) is 157 cm³/mol. The number of aromatic nitrogens is 2. The summed E-state index contributed by atoms with van der Waals surface area (Å²) in [5, 5.41) is 9.26. The molecule has 238 valence electrons. The summed E-state index contributed by atoms with van der Waals surface area (Å²) in [6.07, 6.45) is -12.2. The lowest BCUT2D eigenvalue weighted by Crippen LogP contribution is -2.43. The molecule has 1 atom stereocenters. The number of nitrogens with zero attached hydrogens (tertiary/aromatic N) is 2. The molecule has 0 aliphatic heterocycles. The Balaban J connectivity index is 2.00. The van der Waals surface area contributed by atoms with Gasteiger partial charge in [0.05, 0.1) is 24.8 Å². The van der Waals surface area contributed by atoms with Crippen LogP contribution in [-0.4, -0.2) is 27.3 Å². The minimum absolute atomic E-state index is 0.294. The Bertz CT molecular complexity index is 1980. The molecule has 0 fully saturated rings. The van der Waals surface area contributed by atoms with E-state index in [2.05, 4.69) is 0 Å². The van der Waals surface area contributed by atoms with Gasteiger partial charge in [-0.05, 0) is 43.5 Å². The molecule has 1 heterocycles. The summed E-state index contributed by atoms with van der Waals surface area (Å²) in [4.78, 5) is 39.7. The van der Waals surface area contributed by atoms with Crippen LogP contribution in [0, 0.1) is 18.6 Å². The van der Waals surface area contributed by atoms with E-state index in [0.29, 0.717) is 20.8 Å². The third-order valence-electron chi connectivity index (χ3n) is 7.31. The highest BCUT2D eigenvalue weighted by atomic mass is 19.4. The van der Waals surface area contributed by atoms with Crippen LogP contribution in [0.15, 0.2) is 76.3 Å². The van der Waals surface area contributed by atoms with Crippen LogP contribution in [0.1, 0.15) is 59.4 Å². The van der Waals surface area contributed by atoms with Gasteiger partial charge in [-0.2, -0.15) is 13.2 Å². The number of benzene rings is 3. The highest BCUT2D eigenvalue weighted by molar-refractivity contribution is 5.68. The van der Waals surface area contributed by atoms with Crippen molar-refractivity contribution in [2.45, 2.75) is 57.7 Å². The number of rotatable bonds is 12. The molecule has 4 aromatic rings. The van der Waals surface area contributed by atoms with Gasteiger partial charge in [0, 0.05) is 41.1 Å². The molecule has 12 heteroatoms. The molecule has 0 aliphatic carbocycles. The van der Waals surface area contributed by atoms with Crippen molar-refractivity contribution in [1.29, 1.82) is 0 Å². The summed E-state index contributed by atoms with van der Waals surface area (Å²) in [6, 6.07) is 13.8. The molecule has 0 amide bonds. The SMILES string of the molecule is [2H]C([2H])(C[C@@H](Cn1c(=O)c(-c2cccc(OC)c2F)c(C)n(Cc2c(F)cccc2C(F)(F)F)c1=O)c1ccccc1)CC([2H])([2H])C(=O)O. The zero-order valence-corrected chi connectivity index (χ0v) is 24.1. The maximum Gasteiger partial charge on any atom is 0.416 e. The van der Waals surface area contributed by atoms with Gasteiger partial charge in [-0.25, -0.2) is 13.6 Å². The van der Waals surface area contributed by atoms with E-state index < -0.39 is 96.3 Å². The average Bonchev–Trinajstić information content (AvgIpc) is 3.01. The molecule has 1 aromatic heterocycles. The number of hydrogen-bond donors (Lipinski definition) is 1. The first-order chi connectivity index (χ1) is 22.8. The number of hydrogen-bond acceptors (Lipinski definition) is 4. The number of carboxylic acid groups (broad SMARTS) is 1. The van der Waals surface area contributed by atoms with Crippen LogP contribution >= 0.6 is 0 Å². The number of carboxylic acids is 1. The van der Waals surface area contributed by atoms with E-state index in [1.165, 1.54) is 37.3 Å². The van der Waals surface area contributed by atoms with E-state index in [-0.39, 0.29) is 17.0 Å². The highest BCUT2D eigenvalue weighted by Gasteiger charge is 2.35.